The minimum absolute atomic E-state index is 0.228. The quantitative estimate of drug-likeness (QED) is 0.560. The Bertz CT molecular complexity index is 1140. The molecule has 0 fully saturated rings. The highest BCUT2D eigenvalue weighted by atomic mass is 32.2. The van der Waals surface area contributed by atoms with Crippen LogP contribution in [0.1, 0.15) is 30.5 Å². The fourth-order valence-electron chi connectivity index (χ4n) is 2.80. The molecule has 26 heavy (non-hydrogen) atoms. The molecule has 2 aromatic carbocycles. The summed E-state index contributed by atoms with van der Waals surface area (Å²) in [6, 6.07) is 12.0. The summed E-state index contributed by atoms with van der Waals surface area (Å²) >= 11 is 1.52. The van der Waals surface area contributed by atoms with Crippen LogP contribution in [0.25, 0.3) is 16.6 Å². The van der Waals surface area contributed by atoms with Gasteiger partial charge in [-0.1, -0.05) is 49.4 Å². The molecule has 134 valence electrons. The lowest BCUT2D eigenvalue weighted by Crippen LogP contribution is -2.10. The number of aromatic nitrogens is 4. The molecule has 4 aromatic rings. The van der Waals surface area contributed by atoms with Crippen LogP contribution >= 0.6 is 11.8 Å². The lowest BCUT2D eigenvalue weighted by atomic mass is 10.2. The molecule has 2 heterocycles. The topological polar surface area (TPSA) is 63.1 Å². The van der Waals surface area contributed by atoms with Gasteiger partial charge >= 0.3 is 0 Å². The molecule has 0 bridgehead atoms. The van der Waals surface area contributed by atoms with Crippen LogP contribution in [0.15, 0.2) is 51.1 Å². The third-order valence-electron chi connectivity index (χ3n) is 4.02. The number of H-pyrrole nitrogens is 1. The number of nitrogens with zero attached hydrogens (tertiary/aromatic N) is 3. The number of nitrogens with one attached hydrogen (secondary N) is 1. The van der Waals surface area contributed by atoms with Crippen molar-refractivity contribution in [1.29, 1.82) is 0 Å². The van der Waals surface area contributed by atoms with Crippen molar-refractivity contribution >= 4 is 28.3 Å². The Morgan fingerprint density at radius 2 is 1.69 bits per heavy atom. The largest absolute Gasteiger partial charge is 0.281 e. The predicted octanol–water partition coefficient (Wildman–Crippen LogP) is 4.67. The molecule has 4 rings (SSSR count). The Balaban J connectivity index is 0.000000948. The van der Waals surface area contributed by atoms with E-state index in [2.05, 4.69) is 47.3 Å². The third-order valence-corrected chi connectivity index (χ3v) is 5.17. The van der Waals surface area contributed by atoms with Gasteiger partial charge in [0, 0.05) is 4.90 Å². The standard InChI is InChI=1S/C18H16N4OS.C2H6/c1-10-5-7-15(12(3)8-10)24-18-16-19-17(23)13-6-4-11(2)9-14(13)22(16)21-20-18;1-2/h4-9,21H,1-3H3;1-2H3. The summed E-state index contributed by atoms with van der Waals surface area (Å²) in [6.45, 7) is 10.1. The average Bonchev–Trinajstić information content (AvgIpc) is 3.02. The van der Waals surface area contributed by atoms with Crippen LogP contribution in [-0.2, 0) is 0 Å². The van der Waals surface area contributed by atoms with Crippen molar-refractivity contribution in [3.8, 4) is 0 Å². The van der Waals surface area contributed by atoms with E-state index in [4.69, 9.17) is 0 Å². The summed E-state index contributed by atoms with van der Waals surface area (Å²) in [4.78, 5) is 17.7. The zero-order valence-corrected chi connectivity index (χ0v) is 16.4. The first kappa shape index (κ1) is 18.2. The van der Waals surface area contributed by atoms with E-state index in [-0.39, 0.29) is 5.56 Å². The lowest BCUT2D eigenvalue weighted by Gasteiger charge is -2.05. The van der Waals surface area contributed by atoms with Crippen molar-refractivity contribution < 1.29 is 0 Å². The van der Waals surface area contributed by atoms with Crippen LogP contribution in [0.2, 0.25) is 0 Å². The fourth-order valence-corrected chi connectivity index (χ4v) is 3.68. The fraction of sp³-hybridized carbons (Fsp3) is 0.250. The average molecular weight is 366 g/mol. The van der Waals surface area contributed by atoms with Gasteiger partial charge in [0.25, 0.3) is 5.56 Å². The van der Waals surface area contributed by atoms with E-state index in [1.165, 1.54) is 22.9 Å². The Kier molecular flexibility index (Phi) is 5.13. The zero-order valence-electron chi connectivity index (χ0n) is 15.6. The van der Waals surface area contributed by atoms with E-state index >= 15 is 0 Å². The SMILES string of the molecule is CC.Cc1ccc(Sc2n[nH]n3c2nc(=O)c2ccc(C)cc23)c(C)c1. The molecular formula is C20H22N4OS. The number of fused-ring (bicyclic) bond motifs is 3. The van der Waals surface area contributed by atoms with E-state index in [0.717, 1.165) is 16.0 Å². The summed E-state index contributed by atoms with van der Waals surface area (Å²) in [5, 5.41) is 8.64. The van der Waals surface area contributed by atoms with Crippen LogP contribution in [0.5, 0.6) is 0 Å². The van der Waals surface area contributed by atoms with Crippen molar-refractivity contribution in [3.63, 3.8) is 0 Å². The molecule has 2 aromatic heterocycles. The van der Waals surface area contributed by atoms with E-state index in [9.17, 15) is 4.79 Å². The van der Waals surface area contributed by atoms with Crippen molar-refractivity contribution in [2.75, 3.05) is 0 Å². The minimum atomic E-state index is -0.228. The van der Waals surface area contributed by atoms with Gasteiger partial charge in [-0.2, -0.15) is 4.98 Å². The van der Waals surface area contributed by atoms with Gasteiger partial charge in [0.05, 0.1) is 10.9 Å². The molecular weight excluding hydrogens is 344 g/mol. The summed E-state index contributed by atoms with van der Waals surface area (Å²) in [6.07, 6.45) is 0. The molecule has 0 aliphatic heterocycles. The smallest absolute Gasteiger partial charge is 0.267 e. The zero-order chi connectivity index (χ0) is 18.8. The Morgan fingerprint density at radius 1 is 1.00 bits per heavy atom. The van der Waals surface area contributed by atoms with Crippen molar-refractivity contribution in [3.05, 3.63) is 63.4 Å². The van der Waals surface area contributed by atoms with Crippen molar-refractivity contribution in [2.24, 2.45) is 0 Å². The normalized spacial score (nSPS) is 10.8. The van der Waals surface area contributed by atoms with Crippen molar-refractivity contribution in [1.82, 2.24) is 19.8 Å². The van der Waals surface area contributed by atoms with Gasteiger partial charge < -0.3 is 0 Å². The van der Waals surface area contributed by atoms with Gasteiger partial charge in [0.1, 0.15) is 0 Å². The van der Waals surface area contributed by atoms with Gasteiger partial charge in [-0.05, 0) is 50.1 Å². The third kappa shape index (κ3) is 3.24. The first-order chi connectivity index (χ1) is 12.5. The van der Waals surface area contributed by atoms with Crippen LogP contribution in [0.4, 0.5) is 0 Å². The highest BCUT2D eigenvalue weighted by Gasteiger charge is 2.14. The highest BCUT2D eigenvalue weighted by molar-refractivity contribution is 7.99. The van der Waals surface area contributed by atoms with E-state index < -0.39 is 0 Å². The molecule has 0 radical (unpaired) electrons. The highest BCUT2D eigenvalue weighted by Crippen LogP contribution is 2.31. The molecule has 0 amide bonds. The van der Waals surface area contributed by atoms with E-state index in [0.29, 0.717) is 16.1 Å². The second-order valence-corrected chi connectivity index (χ2v) is 7.02. The second-order valence-electron chi connectivity index (χ2n) is 5.98. The maximum absolute atomic E-state index is 12.3. The number of aromatic amines is 1. The summed E-state index contributed by atoms with van der Waals surface area (Å²) in [5.41, 5.74) is 4.61. The van der Waals surface area contributed by atoms with Crippen molar-refractivity contribution in [2.45, 2.75) is 44.5 Å². The molecule has 0 saturated heterocycles. The molecule has 0 unspecified atom stereocenters. The molecule has 0 saturated carbocycles. The molecule has 0 aliphatic carbocycles. The first-order valence-corrected chi connectivity index (χ1v) is 9.47. The molecule has 0 aliphatic rings. The van der Waals surface area contributed by atoms with Gasteiger partial charge in [0.2, 0.25) is 0 Å². The summed E-state index contributed by atoms with van der Waals surface area (Å²) in [5.74, 6) is 0. The van der Waals surface area contributed by atoms with Gasteiger partial charge in [-0.15, -0.1) is 5.10 Å². The number of rotatable bonds is 2. The van der Waals surface area contributed by atoms with Crippen LogP contribution < -0.4 is 5.56 Å². The monoisotopic (exact) mass is 366 g/mol. The number of hydrogen-bond acceptors (Lipinski definition) is 4. The molecule has 5 nitrogen and oxygen atoms in total. The number of benzene rings is 2. The van der Waals surface area contributed by atoms with Crippen LogP contribution in [-0.4, -0.2) is 19.8 Å². The summed E-state index contributed by atoms with van der Waals surface area (Å²) in [7, 11) is 0. The molecule has 1 N–H and O–H groups in total. The number of hydrogen-bond donors (Lipinski definition) is 1. The predicted molar refractivity (Wildman–Crippen MR) is 107 cm³/mol. The molecule has 0 atom stereocenters. The lowest BCUT2D eigenvalue weighted by molar-refractivity contribution is 0.856. The Labute approximate surface area is 156 Å². The van der Waals surface area contributed by atoms with Gasteiger partial charge in [0.15, 0.2) is 10.7 Å². The van der Waals surface area contributed by atoms with E-state index in [1.54, 1.807) is 4.52 Å². The maximum Gasteiger partial charge on any atom is 0.281 e. The van der Waals surface area contributed by atoms with Crippen LogP contribution in [0, 0.1) is 20.8 Å². The van der Waals surface area contributed by atoms with Gasteiger partial charge in [-0.25, -0.2) is 9.73 Å². The Morgan fingerprint density at radius 3 is 2.42 bits per heavy atom. The minimum Gasteiger partial charge on any atom is -0.267 e. The number of aryl methyl sites for hydroxylation is 3. The van der Waals surface area contributed by atoms with Crippen LogP contribution in [0.3, 0.4) is 0 Å². The summed E-state index contributed by atoms with van der Waals surface area (Å²) < 4.78 is 1.77. The first-order valence-electron chi connectivity index (χ1n) is 8.65. The van der Waals surface area contributed by atoms with Gasteiger partial charge in [-0.3, -0.25) is 4.79 Å². The molecule has 0 spiro atoms. The Hall–Kier alpha value is -2.60. The molecule has 6 heteroatoms. The second kappa shape index (κ2) is 7.33. The van der Waals surface area contributed by atoms with E-state index in [1.807, 2.05) is 39.0 Å². The maximum atomic E-state index is 12.3.